The third kappa shape index (κ3) is 3.16. The van der Waals surface area contributed by atoms with Crippen molar-refractivity contribution in [1.29, 1.82) is 0 Å². The van der Waals surface area contributed by atoms with Gasteiger partial charge in [0.1, 0.15) is 17.3 Å². The van der Waals surface area contributed by atoms with Crippen LogP contribution in [0, 0.1) is 0 Å². The average molecular weight is 225 g/mol. The predicted molar refractivity (Wildman–Crippen MR) is 64.8 cm³/mol. The van der Waals surface area contributed by atoms with Crippen molar-refractivity contribution in [1.82, 2.24) is 9.62 Å². The van der Waals surface area contributed by atoms with Gasteiger partial charge in [0, 0.05) is 6.54 Å². The number of nitrogens with zero attached hydrogens (tertiary/aromatic N) is 1. The van der Waals surface area contributed by atoms with Crippen LogP contribution in [0.25, 0.3) is 0 Å². The molecule has 0 heterocycles. The van der Waals surface area contributed by atoms with Crippen LogP contribution in [0.2, 0.25) is 0 Å². The smallest absolute Gasteiger partial charge is 0.335 e. The van der Waals surface area contributed by atoms with Gasteiger partial charge in [-0.2, -0.15) is 0 Å². The Morgan fingerprint density at radius 1 is 1.40 bits per heavy atom. The van der Waals surface area contributed by atoms with E-state index in [0.29, 0.717) is 6.54 Å². The Kier molecular flexibility index (Phi) is 4.49. The number of hydrogen-bond acceptors (Lipinski definition) is 1. The van der Waals surface area contributed by atoms with Crippen LogP contribution in [0.15, 0.2) is 35.2 Å². The molecule has 2 amide bonds. The third-order valence-electron chi connectivity index (χ3n) is 2.11. The molecule has 0 radical (unpaired) electrons. The van der Waals surface area contributed by atoms with Crippen molar-refractivity contribution in [3.63, 3.8) is 0 Å². The summed E-state index contributed by atoms with van der Waals surface area (Å²) in [6.07, 6.45) is 2.05. The average Bonchev–Trinajstić information content (AvgIpc) is 2.28. The highest BCUT2D eigenvalue weighted by Gasteiger charge is 2.26. The van der Waals surface area contributed by atoms with Crippen molar-refractivity contribution in [3.05, 3.63) is 30.3 Å². The van der Waals surface area contributed by atoms with Gasteiger partial charge in [0.15, 0.2) is 4.90 Å². The second-order valence-electron chi connectivity index (χ2n) is 3.12. The molecular formula is C11H17N2OS+. The largest absolute Gasteiger partial charge is 0.358 e. The number of nitrogens with one attached hydrogen (secondary N) is 1. The SMILES string of the molecule is CCNC(=O)N(C)[S+](C)c1ccccc1. The van der Waals surface area contributed by atoms with Crippen LogP contribution in [0.5, 0.6) is 0 Å². The molecule has 1 unspecified atom stereocenters. The highest BCUT2D eigenvalue weighted by atomic mass is 32.2. The van der Waals surface area contributed by atoms with Gasteiger partial charge in [0.2, 0.25) is 0 Å². The second kappa shape index (κ2) is 5.66. The minimum absolute atomic E-state index is 0.0211. The van der Waals surface area contributed by atoms with Gasteiger partial charge in [-0.15, -0.1) is 4.31 Å². The molecule has 0 saturated carbocycles. The zero-order chi connectivity index (χ0) is 11.3. The van der Waals surface area contributed by atoms with E-state index in [9.17, 15) is 4.79 Å². The number of hydrogen-bond donors (Lipinski definition) is 1. The Bertz CT molecular complexity index is 316. The second-order valence-corrected chi connectivity index (χ2v) is 5.10. The van der Waals surface area contributed by atoms with E-state index in [2.05, 4.69) is 5.32 Å². The summed E-state index contributed by atoms with van der Waals surface area (Å²) in [7, 11) is 1.82. The highest BCUT2D eigenvalue weighted by Crippen LogP contribution is 2.13. The normalized spacial score (nSPS) is 11.9. The van der Waals surface area contributed by atoms with Crippen LogP contribution in [-0.2, 0) is 11.1 Å². The first-order valence-corrected chi connectivity index (χ1v) is 6.48. The summed E-state index contributed by atoms with van der Waals surface area (Å²) < 4.78 is 1.73. The molecule has 1 aromatic carbocycles. The fourth-order valence-corrected chi connectivity index (χ4v) is 2.34. The number of amides is 2. The predicted octanol–water partition coefficient (Wildman–Crippen LogP) is 1.87. The first-order valence-electron chi connectivity index (χ1n) is 4.89. The number of benzene rings is 1. The molecule has 82 valence electrons. The summed E-state index contributed by atoms with van der Waals surface area (Å²) in [6, 6.07) is 10.0. The van der Waals surface area contributed by atoms with Crippen molar-refractivity contribution >= 4 is 17.1 Å². The van der Waals surface area contributed by atoms with E-state index in [-0.39, 0.29) is 17.1 Å². The minimum atomic E-state index is -0.188. The number of urea groups is 1. The molecule has 0 fully saturated rings. The van der Waals surface area contributed by atoms with E-state index >= 15 is 0 Å². The Morgan fingerprint density at radius 2 is 2.00 bits per heavy atom. The summed E-state index contributed by atoms with van der Waals surface area (Å²) in [6.45, 7) is 2.58. The van der Waals surface area contributed by atoms with E-state index < -0.39 is 0 Å². The van der Waals surface area contributed by atoms with Crippen molar-refractivity contribution in [2.24, 2.45) is 0 Å². The van der Waals surface area contributed by atoms with E-state index in [1.165, 1.54) is 4.90 Å². The molecule has 4 heteroatoms. The monoisotopic (exact) mass is 225 g/mol. The maximum Gasteiger partial charge on any atom is 0.358 e. The van der Waals surface area contributed by atoms with Gasteiger partial charge >= 0.3 is 6.03 Å². The molecule has 1 aromatic rings. The van der Waals surface area contributed by atoms with Gasteiger partial charge in [-0.1, -0.05) is 18.2 Å². The minimum Gasteiger partial charge on any atom is -0.335 e. The van der Waals surface area contributed by atoms with Crippen molar-refractivity contribution in [3.8, 4) is 0 Å². The molecule has 0 saturated heterocycles. The van der Waals surface area contributed by atoms with Crippen LogP contribution in [0.4, 0.5) is 4.79 Å². The van der Waals surface area contributed by atoms with E-state index in [1.54, 1.807) is 4.31 Å². The molecule has 0 aromatic heterocycles. The zero-order valence-corrected chi connectivity index (χ0v) is 10.2. The first-order chi connectivity index (χ1) is 7.16. The maximum atomic E-state index is 11.6. The molecule has 3 nitrogen and oxygen atoms in total. The van der Waals surface area contributed by atoms with E-state index in [1.807, 2.05) is 50.6 Å². The van der Waals surface area contributed by atoms with E-state index in [4.69, 9.17) is 0 Å². The van der Waals surface area contributed by atoms with Gasteiger partial charge < -0.3 is 5.32 Å². The standard InChI is InChI=1S/C11H16N2OS/c1-4-12-11(14)13(2)15(3)10-8-6-5-7-9-10/h5-9H,4H2,1-3H3/p+1. The lowest BCUT2D eigenvalue weighted by Gasteiger charge is -2.14. The zero-order valence-electron chi connectivity index (χ0n) is 9.36. The molecule has 1 atom stereocenters. The molecular weight excluding hydrogens is 208 g/mol. The molecule has 15 heavy (non-hydrogen) atoms. The number of rotatable bonds is 3. The Morgan fingerprint density at radius 3 is 2.53 bits per heavy atom. The quantitative estimate of drug-likeness (QED) is 0.783. The topological polar surface area (TPSA) is 32.3 Å². The Balaban J connectivity index is 2.68. The highest BCUT2D eigenvalue weighted by molar-refractivity contribution is 7.94. The van der Waals surface area contributed by atoms with Crippen LogP contribution >= 0.6 is 0 Å². The molecule has 0 aliphatic heterocycles. The molecule has 0 aliphatic carbocycles. The van der Waals surface area contributed by atoms with E-state index in [0.717, 1.165) is 0 Å². The fraction of sp³-hybridized carbons (Fsp3) is 0.364. The lowest BCUT2D eigenvalue weighted by atomic mass is 10.4. The van der Waals surface area contributed by atoms with Crippen molar-refractivity contribution in [2.45, 2.75) is 11.8 Å². The van der Waals surface area contributed by atoms with Gasteiger partial charge in [-0.3, -0.25) is 0 Å². The lowest BCUT2D eigenvalue weighted by molar-refractivity contribution is 0.230. The summed E-state index contributed by atoms with van der Waals surface area (Å²) in [5, 5.41) is 2.79. The van der Waals surface area contributed by atoms with Gasteiger partial charge in [-0.05, 0) is 19.1 Å². The van der Waals surface area contributed by atoms with Crippen LogP contribution in [0.1, 0.15) is 6.92 Å². The Labute approximate surface area is 94.0 Å². The van der Waals surface area contributed by atoms with Gasteiger partial charge in [0.25, 0.3) is 0 Å². The molecule has 1 N–H and O–H groups in total. The summed E-state index contributed by atoms with van der Waals surface area (Å²) >= 11 is -0.188. The Hall–Kier alpha value is -1.16. The van der Waals surface area contributed by atoms with Gasteiger partial charge in [-0.25, -0.2) is 4.79 Å². The van der Waals surface area contributed by atoms with Crippen molar-refractivity contribution in [2.75, 3.05) is 19.8 Å². The van der Waals surface area contributed by atoms with Crippen LogP contribution in [0.3, 0.4) is 0 Å². The maximum absolute atomic E-state index is 11.6. The summed E-state index contributed by atoms with van der Waals surface area (Å²) in [4.78, 5) is 12.8. The van der Waals surface area contributed by atoms with Crippen molar-refractivity contribution < 1.29 is 4.79 Å². The summed E-state index contributed by atoms with van der Waals surface area (Å²) in [5.41, 5.74) is 0. The third-order valence-corrected chi connectivity index (χ3v) is 4.05. The molecule has 0 spiro atoms. The van der Waals surface area contributed by atoms with Gasteiger partial charge in [0.05, 0.1) is 7.05 Å². The molecule has 0 aliphatic rings. The number of carbonyl (C=O) groups excluding carboxylic acids is 1. The molecule has 0 bridgehead atoms. The number of carbonyl (C=O) groups is 1. The van der Waals surface area contributed by atoms with Crippen LogP contribution in [-0.4, -0.2) is 30.2 Å². The lowest BCUT2D eigenvalue weighted by Crippen LogP contribution is -2.40. The fourth-order valence-electron chi connectivity index (χ4n) is 1.16. The first kappa shape index (κ1) is 11.9. The summed E-state index contributed by atoms with van der Waals surface area (Å²) in [5.74, 6) is 0. The van der Waals surface area contributed by atoms with Crippen LogP contribution < -0.4 is 5.32 Å². The molecule has 1 rings (SSSR count).